The van der Waals surface area contributed by atoms with E-state index in [2.05, 4.69) is 42.6 Å². The summed E-state index contributed by atoms with van der Waals surface area (Å²) in [4.78, 5) is 42.5. The third kappa shape index (κ3) is 9.32. The van der Waals surface area contributed by atoms with Crippen molar-refractivity contribution in [1.82, 2.24) is 15.3 Å². The van der Waals surface area contributed by atoms with E-state index in [9.17, 15) is 22.8 Å². The molecule has 1 aliphatic heterocycles. The number of halogens is 4. The summed E-state index contributed by atoms with van der Waals surface area (Å²) in [6.45, 7) is -0.175. The topological polar surface area (TPSA) is 157 Å². The van der Waals surface area contributed by atoms with Gasteiger partial charge in [-0.15, -0.1) is 0 Å². The first-order valence-corrected chi connectivity index (χ1v) is 13.3. The molecule has 15 heteroatoms. The molecule has 3 amide bonds. The van der Waals surface area contributed by atoms with E-state index in [1.807, 2.05) is 54.6 Å². The van der Waals surface area contributed by atoms with Crippen LogP contribution in [-0.2, 0) is 22.4 Å². The second-order valence-corrected chi connectivity index (χ2v) is 9.64. The molecule has 3 aromatic carbocycles. The number of rotatable bonds is 4. The Bertz CT molecular complexity index is 1660. The van der Waals surface area contributed by atoms with Crippen LogP contribution < -0.4 is 26.6 Å². The minimum Gasteiger partial charge on any atom is -0.475 e. The lowest BCUT2D eigenvalue weighted by molar-refractivity contribution is -0.192. The highest BCUT2D eigenvalue weighted by Gasteiger charge is 2.38. The van der Waals surface area contributed by atoms with Crippen molar-refractivity contribution in [2.45, 2.75) is 19.0 Å². The van der Waals surface area contributed by atoms with Crippen LogP contribution in [0.25, 0.3) is 0 Å². The van der Waals surface area contributed by atoms with Gasteiger partial charge in [0.05, 0.1) is 12.7 Å². The van der Waals surface area contributed by atoms with E-state index in [1.165, 1.54) is 0 Å². The maximum Gasteiger partial charge on any atom is 0.490 e. The van der Waals surface area contributed by atoms with Gasteiger partial charge in [0, 0.05) is 22.7 Å². The molecule has 44 heavy (non-hydrogen) atoms. The van der Waals surface area contributed by atoms with E-state index in [0.717, 1.165) is 28.9 Å². The predicted molar refractivity (Wildman–Crippen MR) is 160 cm³/mol. The maximum absolute atomic E-state index is 12.7. The third-order valence-electron chi connectivity index (χ3n) is 5.94. The van der Waals surface area contributed by atoms with Gasteiger partial charge >= 0.3 is 18.2 Å². The molecule has 0 radical (unpaired) electrons. The van der Waals surface area contributed by atoms with E-state index in [1.54, 1.807) is 18.3 Å². The van der Waals surface area contributed by atoms with Gasteiger partial charge in [-0.1, -0.05) is 41.9 Å². The Morgan fingerprint density at radius 3 is 2.36 bits per heavy atom. The Balaban J connectivity index is 0.000000566. The Morgan fingerprint density at radius 1 is 0.909 bits per heavy atom. The number of carboxylic acid groups (broad SMARTS) is 1. The molecule has 11 nitrogen and oxygen atoms in total. The lowest BCUT2D eigenvalue weighted by Gasteiger charge is -2.15. The van der Waals surface area contributed by atoms with Crippen LogP contribution in [0.5, 0.6) is 0 Å². The lowest BCUT2D eigenvalue weighted by atomic mass is 10.0. The highest BCUT2D eigenvalue weighted by atomic mass is 35.5. The summed E-state index contributed by atoms with van der Waals surface area (Å²) >= 11 is 6.33. The molecular weight excluding hydrogens is 603 g/mol. The molecule has 6 N–H and O–H groups in total. The second kappa shape index (κ2) is 14.2. The third-order valence-corrected chi connectivity index (χ3v) is 6.21. The molecule has 0 saturated heterocycles. The van der Waals surface area contributed by atoms with E-state index >= 15 is 0 Å². The summed E-state index contributed by atoms with van der Waals surface area (Å²) in [6, 6.07) is 22.2. The molecule has 0 spiro atoms. The maximum atomic E-state index is 12.7. The minimum absolute atomic E-state index is 0.175. The van der Waals surface area contributed by atoms with Gasteiger partial charge in [0.1, 0.15) is 5.02 Å². The second-order valence-electron chi connectivity index (χ2n) is 9.24. The van der Waals surface area contributed by atoms with Crippen molar-refractivity contribution < 1.29 is 32.7 Å². The fourth-order valence-corrected chi connectivity index (χ4v) is 4.05. The smallest absolute Gasteiger partial charge is 0.475 e. The Labute approximate surface area is 253 Å². The summed E-state index contributed by atoms with van der Waals surface area (Å²) in [5, 5.41) is 22.2. The average molecular weight is 628 g/mol. The van der Waals surface area contributed by atoms with E-state index in [-0.39, 0.29) is 12.5 Å². The van der Waals surface area contributed by atoms with E-state index in [0.29, 0.717) is 34.6 Å². The monoisotopic (exact) mass is 627 g/mol. The van der Waals surface area contributed by atoms with Crippen molar-refractivity contribution in [3.05, 3.63) is 95.1 Å². The lowest BCUT2D eigenvalue weighted by Crippen LogP contribution is -2.35. The number of anilines is 6. The number of carbonyl (C=O) groups excluding carboxylic acids is 2. The number of benzene rings is 3. The zero-order valence-corrected chi connectivity index (χ0v) is 23.5. The number of aromatic nitrogens is 2. The van der Waals surface area contributed by atoms with Crippen LogP contribution in [0, 0.1) is 0 Å². The van der Waals surface area contributed by atoms with Crippen molar-refractivity contribution >= 4 is 64.0 Å². The normalized spacial score (nSPS) is 11.8. The number of hydrogen-bond acceptors (Lipinski definition) is 7. The fraction of sp³-hybridized carbons (Fsp3) is 0.138. The molecular formula is C29H25ClF3N7O4. The SMILES string of the molecule is O=C(CNC(=O)Nc1ccccc1)Nc1ccc2cc1CCc1cccc(c1)Nc1ncc(Cl)c(n1)N2.O=C(O)C(F)(F)F. The molecule has 0 atom stereocenters. The first-order chi connectivity index (χ1) is 21.0. The van der Waals surface area contributed by atoms with Crippen LogP contribution >= 0.6 is 11.6 Å². The summed E-state index contributed by atoms with van der Waals surface area (Å²) < 4.78 is 31.7. The molecule has 4 aromatic rings. The number of para-hydroxylation sites is 1. The van der Waals surface area contributed by atoms with Crippen molar-refractivity contribution in [3.8, 4) is 0 Å². The quantitative estimate of drug-likeness (QED) is 0.158. The van der Waals surface area contributed by atoms with Crippen LogP contribution in [0.1, 0.15) is 11.1 Å². The molecule has 1 aliphatic rings. The van der Waals surface area contributed by atoms with Crippen molar-refractivity contribution in [2.75, 3.05) is 27.8 Å². The molecule has 0 fully saturated rings. The number of carboxylic acids is 1. The molecule has 5 rings (SSSR count). The number of aryl methyl sites for hydroxylation is 2. The van der Waals surface area contributed by atoms with Crippen molar-refractivity contribution in [1.29, 1.82) is 0 Å². The minimum atomic E-state index is -5.08. The van der Waals surface area contributed by atoms with Gasteiger partial charge < -0.3 is 31.7 Å². The molecule has 0 aliphatic carbocycles. The number of hydrogen-bond donors (Lipinski definition) is 6. The Hall–Kier alpha value is -5.37. The Kier molecular flexibility index (Phi) is 10.2. The van der Waals surface area contributed by atoms with E-state index in [4.69, 9.17) is 21.5 Å². The highest BCUT2D eigenvalue weighted by Crippen LogP contribution is 2.29. The van der Waals surface area contributed by atoms with E-state index < -0.39 is 18.2 Å². The van der Waals surface area contributed by atoms with Gasteiger partial charge in [-0.05, 0) is 66.4 Å². The number of nitrogens with one attached hydrogen (secondary N) is 5. The first kappa shape index (κ1) is 31.6. The molecule has 0 unspecified atom stereocenters. The van der Waals surface area contributed by atoms with Gasteiger partial charge in [-0.2, -0.15) is 18.2 Å². The van der Waals surface area contributed by atoms with Gasteiger partial charge in [-0.3, -0.25) is 4.79 Å². The molecule has 1 aromatic heterocycles. The number of alkyl halides is 3. The number of fused-ring (bicyclic) bond motifs is 6. The zero-order valence-electron chi connectivity index (χ0n) is 22.7. The van der Waals surface area contributed by atoms with Gasteiger partial charge in [0.25, 0.3) is 0 Å². The van der Waals surface area contributed by atoms with Crippen molar-refractivity contribution in [2.24, 2.45) is 0 Å². The van der Waals surface area contributed by atoms with Gasteiger partial charge in [0.15, 0.2) is 5.82 Å². The van der Waals surface area contributed by atoms with Crippen molar-refractivity contribution in [3.63, 3.8) is 0 Å². The van der Waals surface area contributed by atoms with Crippen LogP contribution in [-0.4, -0.2) is 45.7 Å². The zero-order chi connectivity index (χ0) is 31.7. The standard InChI is InChI=1S/C27H24ClN7O2.C2HF3O2/c28-22-15-29-26-32-20-8-4-5-17(13-20)9-10-18-14-21(31-25(22)35-26)11-12-23(18)34-24(36)16-30-27(37)33-19-6-2-1-3-7-19;3-2(4,5)1(6)7/h1-8,11-15H,9-10,16H2,(H,34,36)(H2,30,33,37)(H2,29,31,32,35);(H,6,7). The van der Waals surface area contributed by atoms with Crippen LogP contribution in [0.15, 0.2) is 79.0 Å². The Morgan fingerprint density at radius 2 is 1.64 bits per heavy atom. The number of aliphatic carboxylic acids is 1. The number of nitrogens with zero attached hydrogens (tertiary/aromatic N) is 2. The molecule has 0 saturated carbocycles. The average Bonchev–Trinajstić information content (AvgIpc) is 2.98. The van der Waals surface area contributed by atoms with Crippen LogP contribution in [0.4, 0.5) is 52.5 Å². The fourth-order valence-electron chi connectivity index (χ4n) is 3.92. The summed E-state index contributed by atoms with van der Waals surface area (Å²) in [5.41, 5.74) is 4.99. The summed E-state index contributed by atoms with van der Waals surface area (Å²) in [5.74, 6) is -2.20. The summed E-state index contributed by atoms with van der Waals surface area (Å²) in [7, 11) is 0. The largest absolute Gasteiger partial charge is 0.490 e. The molecule has 228 valence electrons. The molecule has 6 bridgehead atoms. The number of urea groups is 1. The van der Waals surface area contributed by atoms with Crippen LogP contribution in [0.3, 0.4) is 0 Å². The number of carbonyl (C=O) groups is 3. The van der Waals surface area contributed by atoms with Gasteiger partial charge in [0.2, 0.25) is 11.9 Å². The highest BCUT2D eigenvalue weighted by molar-refractivity contribution is 6.32. The van der Waals surface area contributed by atoms with Gasteiger partial charge in [-0.25, -0.2) is 14.6 Å². The summed E-state index contributed by atoms with van der Waals surface area (Å²) in [6.07, 6.45) is -2.12. The number of amides is 3. The molecule has 2 heterocycles. The predicted octanol–water partition coefficient (Wildman–Crippen LogP) is 6.11. The first-order valence-electron chi connectivity index (χ1n) is 12.9. The van der Waals surface area contributed by atoms with Crippen LogP contribution in [0.2, 0.25) is 5.02 Å².